The molecule has 0 N–H and O–H groups in total. The van der Waals surface area contributed by atoms with Crippen LogP contribution in [0.1, 0.15) is 41.7 Å². The van der Waals surface area contributed by atoms with Crippen molar-refractivity contribution in [2.75, 3.05) is 12.5 Å². The summed E-state index contributed by atoms with van der Waals surface area (Å²) in [6, 6.07) is 17.0. The fraction of sp³-hybridized carbons (Fsp3) is 0.429. The molecule has 136 valence electrons. The minimum absolute atomic E-state index is 0. The lowest BCUT2D eigenvalue weighted by molar-refractivity contribution is -0.0167. The van der Waals surface area contributed by atoms with Gasteiger partial charge in [0.1, 0.15) is 0 Å². The van der Waals surface area contributed by atoms with Crippen molar-refractivity contribution in [2.24, 2.45) is 0 Å². The first-order valence-corrected chi connectivity index (χ1v) is 9.25. The molecule has 2 heterocycles. The normalized spacial score (nSPS) is 21.0. The Morgan fingerprint density at radius 1 is 1.00 bits per heavy atom. The summed E-state index contributed by atoms with van der Waals surface area (Å²) < 4.78 is 11.2. The van der Waals surface area contributed by atoms with Crippen molar-refractivity contribution in [3.63, 3.8) is 0 Å². The van der Waals surface area contributed by atoms with Crippen molar-refractivity contribution in [1.29, 1.82) is 0 Å². The number of benzene rings is 2. The first-order valence-electron chi connectivity index (χ1n) is 8.71. The van der Waals surface area contributed by atoms with Gasteiger partial charge in [0.15, 0.2) is 0 Å². The number of ether oxygens (including phenoxy) is 2. The third-order valence-corrected chi connectivity index (χ3v) is 4.79. The van der Waals surface area contributed by atoms with Crippen LogP contribution in [0.5, 0.6) is 0 Å². The monoisotopic (exact) mass is 380 g/mol. The van der Waals surface area contributed by atoms with E-state index in [4.69, 9.17) is 21.1 Å². The number of hydrogen-bond donors (Lipinski definition) is 0. The van der Waals surface area contributed by atoms with Gasteiger partial charge < -0.3 is 9.47 Å². The van der Waals surface area contributed by atoms with E-state index in [-0.39, 0.29) is 18.5 Å². The summed E-state index contributed by atoms with van der Waals surface area (Å²) in [5.41, 5.74) is 5.55. The standard InChI is InChI=1S/C12H15ClO.C9H10O.ClH/c1-9-8-10-4-2-3-5-11(10)12(14-9)6-7-13;1-2-4-9-7-10-6-5-8(9)3-1;/h2-5,9,12H,6-8H2,1H3;1-4H,5-7H2;1H. The molecular weight excluding hydrogens is 355 g/mol. The molecule has 0 radical (unpaired) electrons. The van der Waals surface area contributed by atoms with Crippen LogP contribution < -0.4 is 0 Å². The maximum absolute atomic E-state index is 5.87. The topological polar surface area (TPSA) is 18.5 Å². The van der Waals surface area contributed by atoms with E-state index in [0.29, 0.717) is 12.0 Å². The molecule has 25 heavy (non-hydrogen) atoms. The van der Waals surface area contributed by atoms with Crippen LogP contribution in [0.4, 0.5) is 0 Å². The highest BCUT2D eigenvalue weighted by Crippen LogP contribution is 2.32. The van der Waals surface area contributed by atoms with E-state index in [1.54, 1.807) is 0 Å². The van der Waals surface area contributed by atoms with Gasteiger partial charge in [-0.25, -0.2) is 0 Å². The number of hydrogen-bond acceptors (Lipinski definition) is 2. The molecular formula is C21H26Cl2O2. The molecule has 0 spiro atoms. The summed E-state index contributed by atoms with van der Waals surface area (Å²) in [4.78, 5) is 0. The zero-order valence-electron chi connectivity index (χ0n) is 14.6. The minimum Gasteiger partial charge on any atom is -0.376 e. The van der Waals surface area contributed by atoms with Crippen LogP contribution in [0, 0.1) is 0 Å². The zero-order valence-corrected chi connectivity index (χ0v) is 16.2. The van der Waals surface area contributed by atoms with Gasteiger partial charge in [0.2, 0.25) is 0 Å². The maximum Gasteiger partial charge on any atom is 0.0842 e. The molecule has 2 nitrogen and oxygen atoms in total. The molecule has 2 aliphatic rings. The maximum atomic E-state index is 5.87. The van der Waals surface area contributed by atoms with Crippen LogP contribution in [0.25, 0.3) is 0 Å². The van der Waals surface area contributed by atoms with E-state index in [1.165, 1.54) is 22.3 Å². The van der Waals surface area contributed by atoms with Crippen LogP contribution in [-0.2, 0) is 28.9 Å². The Balaban J connectivity index is 0.000000182. The molecule has 4 heteroatoms. The Labute approximate surface area is 161 Å². The third kappa shape index (κ3) is 5.46. The second kappa shape index (κ2) is 10.2. The first kappa shape index (κ1) is 20.3. The van der Waals surface area contributed by atoms with Crippen molar-refractivity contribution in [2.45, 2.75) is 45.0 Å². The minimum atomic E-state index is 0. The molecule has 0 bridgehead atoms. The number of halogens is 2. The second-order valence-electron chi connectivity index (χ2n) is 6.39. The Hall–Kier alpha value is -1.06. The van der Waals surface area contributed by atoms with Crippen LogP contribution in [0.2, 0.25) is 0 Å². The predicted octanol–water partition coefficient (Wildman–Crippen LogP) is 5.50. The molecule has 0 fully saturated rings. The smallest absolute Gasteiger partial charge is 0.0842 e. The van der Waals surface area contributed by atoms with Crippen LogP contribution >= 0.6 is 24.0 Å². The Morgan fingerprint density at radius 3 is 2.40 bits per heavy atom. The molecule has 4 rings (SSSR count). The van der Waals surface area contributed by atoms with Crippen molar-refractivity contribution >= 4 is 24.0 Å². The molecule has 0 saturated carbocycles. The van der Waals surface area contributed by atoms with E-state index in [0.717, 1.165) is 32.5 Å². The van der Waals surface area contributed by atoms with E-state index in [1.807, 2.05) is 0 Å². The fourth-order valence-corrected chi connectivity index (χ4v) is 3.57. The lowest BCUT2D eigenvalue weighted by atomic mass is 9.93. The van der Waals surface area contributed by atoms with Crippen LogP contribution in [0.15, 0.2) is 48.5 Å². The molecule has 0 aliphatic carbocycles. The summed E-state index contributed by atoms with van der Waals surface area (Å²) in [6.07, 6.45) is 3.53. The average molecular weight is 381 g/mol. The Bertz CT molecular complexity index is 635. The van der Waals surface area contributed by atoms with E-state index < -0.39 is 0 Å². The van der Waals surface area contributed by atoms with Gasteiger partial charge in [-0.05, 0) is 48.4 Å². The van der Waals surface area contributed by atoms with Crippen molar-refractivity contribution < 1.29 is 9.47 Å². The molecule has 2 aliphatic heterocycles. The van der Waals surface area contributed by atoms with Gasteiger partial charge in [0, 0.05) is 5.88 Å². The van der Waals surface area contributed by atoms with Gasteiger partial charge in [-0.15, -0.1) is 24.0 Å². The second-order valence-corrected chi connectivity index (χ2v) is 6.77. The summed E-state index contributed by atoms with van der Waals surface area (Å²) in [5.74, 6) is 0.658. The zero-order chi connectivity index (χ0) is 16.8. The molecule has 0 aromatic heterocycles. The van der Waals surface area contributed by atoms with Crippen molar-refractivity contribution in [1.82, 2.24) is 0 Å². The van der Waals surface area contributed by atoms with Crippen molar-refractivity contribution in [3.8, 4) is 0 Å². The highest BCUT2D eigenvalue weighted by Gasteiger charge is 2.23. The third-order valence-electron chi connectivity index (χ3n) is 4.57. The van der Waals surface area contributed by atoms with Gasteiger partial charge in [-0.1, -0.05) is 48.5 Å². The number of fused-ring (bicyclic) bond motifs is 2. The summed E-state index contributed by atoms with van der Waals surface area (Å²) >= 11 is 5.77. The van der Waals surface area contributed by atoms with Crippen LogP contribution in [0.3, 0.4) is 0 Å². The van der Waals surface area contributed by atoms with Gasteiger partial charge in [0.05, 0.1) is 25.4 Å². The molecule has 2 aromatic rings. The largest absolute Gasteiger partial charge is 0.376 e. The van der Waals surface area contributed by atoms with Crippen molar-refractivity contribution in [3.05, 3.63) is 70.8 Å². The summed E-state index contributed by atoms with van der Waals surface area (Å²) in [7, 11) is 0. The van der Waals surface area contributed by atoms with Crippen LogP contribution in [-0.4, -0.2) is 18.6 Å². The lowest BCUT2D eigenvalue weighted by Crippen LogP contribution is -2.23. The first-order chi connectivity index (χ1) is 11.8. The van der Waals surface area contributed by atoms with E-state index in [9.17, 15) is 0 Å². The average Bonchev–Trinajstić information content (AvgIpc) is 2.62. The molecule has 0 saturated heterocycles. The summed E-state index contributed by atoms with van der Waals surface area (Å²) in [6.45, 7) is 3.81. The lowest BCUT2D eigenvalue weighted by Gasteiger charge is -2.30. The molecule has 0 amide bonds. The molecule has 2 aromatic carbocycles. The highest BCUT2D eigenvalue weighted by atomic mass is 35.5. The predicted molar refractivity (Wildman–Crippen MR) is 106 cm³/mol. The fourth-order valence-electron chi connectivity index (χ4n) is 3.37. The van der Waals surface area contributed by atoms with Gasteiger partial charge in [0.25, 0.3) is 0 Å². The number of alkyl halides is 1. The van der Waals surface area contributed by atoms with Gasteiger partial charge >= 0.3 is 0 Å². The Kier molecular flexibility index (Phi) is 8.25. The van der Waals surface area contributed by atoms with Gasteiger partial charge in [-0.3, -0.25) is 0 Å². The quantitative estimate of drug-likeness (QED) is 0.640. The van der Waals surface area contributed by atoms with E-state index >= 15 is 0 Å². The molecule has 2 atom stereocenters. The number of rotatable bonds is 2. The SMILES string of the molecule is CC1Cc2ccccc2C(CCCl)O1.Cl.c1ccc2c(c1)CCOC2. The summed E-state index contributed by atoms with van der Waals surface area (Å²) in [5, 5.41) is 0. The Morgan fingerprint density at radius 2 is 1.68 bits per heavy atom. The highest BCUT2D eigenvalue weighted by molar-refractivity contribution is 6.17. The molecule has 2 unspecified atom stereocenters. The van der Waals surface area contributed by atoms with E-state index in [2.05, 4.69) is 55.5 Å². The van der Waals surface area contributed by atoms with Gasteiger partial charge in [-0.2, -0.15) is 0 Å².